The molecule has 0 atom stereocenters. The second-order valence-corrected chi connectivity index (χ2v) is 6.85. The molecular formula is C17H24N2O3. The molecule has 22 heavy (non-hydrogen) atoms. The third-order valence-corrected chi connectivity index (χ3v) is 3.96. The predicted octanol–water partition coefficient (Wildman–Crippen LogP) is 2.77. The van der Waals surface area contributed by atoms with Gasteiger partial charge in [0.2, 0.25) is 0 Å². The van der Waals surface area contributed by atoms with E-state index in [2.05, 4.69) is 23.1 Å². The molecule has 120 valence electrons. The van der Waals surface area contributed by atoms with Crippen LogP contribution in [0.5, 0.6) is 0 Å². The summed E-state index contributed by atoms with van der Waals surface area (Å²) < 4.78 is 10.9. The Morgan fingerprint density at radius 1 is 1.18 bits per heavy atom. The summed E-state index contributed by atoms with van der Waals surface area (Å²) in [7, 11) is 0. The van der Waals surface area contributed by atoms with E-state index < -0.39 is 5.60 Å². The molecule has 2 aliphatic heterocycles. The Kier molecular flexibility index (Phi) is 4.00. The molecule has 2 aliphatic rings. The van der Waals surface area contributed by atoms with Gasteiger partial charge in [0.15, 0.2) is 0 Å². The van der Waals surface area contributed by atoms with Gasteiger partial charge in [-0.05, 0) is 38.0 Å². The van der Waals surface area contributed by atoms with Gasteiger partial charge in [-0.1, -0.05) is 12.1 Å². The molecule has 2 heterocycles. The van der Waals surface area contributed by atoms with Crippen LogP contribution >= 0.6 is 0 Å². The van der Waals surface area contributed by atoms with Crippen molar-refractivity contribution in [2.75, 3.05) is 31.2 Å². The topological polar surface area (TPSA) is 42.0 Å². The molecular weight excluding hydrogens is 280 g/mol. The summed E-state index contributed by atoms with van der Waals surface area (Å²) in [5, 5.41) is 0. The predicted molar refractivity (Wildman–Crippen MR) is 85.0 cm³/mol. The third kappa shape index (κ3) is 3.19. The van der Waals surface area contributed by atoms with Gasteiger partial charge >= 0.3 is 6.09 Å². The minimum absolute atomic E-state index is 0.239. The van der Waals surface area contributed by atoms with E-state index in [0.29, 0.717) is 13.1 Å². The minimum Gasteiger partial charge on any atom is -0.444 e. The largest absolute Gasteiger partial charge is 0.444 e. The first-order chi connectivity index (χ1) is 10.4. The van der Waals surface area contributed by atoms with Gasteiger partial charge in [0.1, 0.15) is 5.60 Å². The highest BCUT2D eigenvalue weighted by molar-refractivity contribution is 5.71. The molecule has 0 aliphatic carbocycles. The molecule has 5 nitrogen and oxygen atoms in total. The van der Waals surface area contributed by atoms with E-state index in [1.54, 1.807) is 4.90 Å². The lowest BCUT2D eigenvalue weighted by atomic mass is 10.1. The van der Waals surface area contributed by atoms with Crippen LogP contribution in [0.25, 0.3) is 0 Å². The average molecular weight is 304 g/mol. The number of fused-ring (bicyclic) bond motifs is 1. The second-order valence-electron chi connectivity index (χ2n) is 6.85. The fraction of sp³-hybridized carbons (Fsp3) is 0.588. The zero-order valence-electron chi connectivity index (χ0n) is 13.6. The van der Waals surface area contributed by atoms with Gasteiger partial charge in [0, 0.05) is 25.3 Å². The molecule has 0 spiro atoms. The quantitative estimate of drug-likeness (QED) is 0.800. The number of hydrogen-bond donors (Lipinski definition) is 0. The van der Waals surface area contributed by atoms with Crippen molar-refractivity contribution in [2.45, 2.75) is 39.5 Å². The molecule has 0 saturated carbocycles. The van der Waals surface area contributed by atoms with Crippen LogP contribution < -0.4 is 4.90 Å². The molecule has 0 bridgehead atoms. The van der Waals surface area contributed by atoms with E-state index in [9.17, 15) is 4.79 Å². The van der Waals surface area contributed by atoms with Crippen molar-refractivity contribution in [3.63, 3.8) is 0 Å². The van der Waals surface area contributed by atoms with Crippen LogP contribution in [0, 0.1) is 0 Å². The van der Waals surface area contributed by atoms with Crippen molar-refractivity contribution in [3.05, 3.63) is 29.3 Å². The minimum atomic E-state index is -0.459. The lowest BCUT2D eigenvalue weighted by molar-refractivity contribution is 0.0242. The standard InChI is InChI=1S/C17H24N2O3/c1-17(2,3)22-16(20)19-11-13-5-4-6-15(14(13)12-19)18-7-9-21-10-8-18/h4-6H,7-12H2,1-3H3. The summed E-state index contributed by atoms with van der Waals surface area (Å²) in [4.78, 5) is 16.4. The van der Waals surface area contributed by atoms with Crippen molar-refractivity contribution < 1.29 is 14.3 Å². The second kappa shape index (κ2) is 5.80. The Bertz CT molecular complexity index is 560. The Hall–Kier alpha value is -1.75. The highest BCUT2D eigenvalue weighted by Gasteiger charge is 2.30. The van der Waals surface area contributed by atoms with Crippen molar-refractivity contribution in [2.24, 2.45) is 0 Å². The molecule has 1 amide bonds. The Balaban J connectivity index is 1.77. The van der Waals surface area contributed by atoms with Gasteiger partial charge in [-0.25, -0.2) is 4.79 Å². The summed E-state index contributed by atoms with van der Waals surface area (Å²) in [6.45, 7) is 10.3. The van der Waals surface area contributed by atoms with Gasteiger partial charge in [-0.3, -0.25) is 4.90 Å². The molecule has 1 aromatic carbocycles. The summed E-state index contributed by atoms with van der Waals surface area (Å²) in [6.07, 6.45) is -0.239. The fourth-order valence-corrected chi connectivity index (χ4v) is 2.96. The number of benzene rings is 1. The van der Waals surface area contributed by atoms with Gasteiger partial charge in [-0.2, -0.15) is 0 Å². The van der Waals surface area contributed by atoms with E-state index in [1.807, 2.05) is 20.8 Å². The SMILES string of the molecule is CC(C)(C)OC(=O)N1Cc2cccc(N3CCOCC3)c2C1. The number of morpholine rings is 1. The molecule has 1 fully saturated rings. The molecule has 5 heteroatoms. The maximum atomic E-state index is 12.3. The summed E-state index contributed by atoms with van der Waals surface area (Å²) in [5.74, 6) is 0. The lowest BCUT2D eigenvalue weighted by Crippen LogP contribution is -2.37. The van der Waals surface area contributed by atoms with Gasteiger partial charge in [0.25, 0.3) is 0 Å². The van der Waals surface area contributed by atoms with Crippen molar-refractivity contribution in [1.82, 2.24) is 4.90 Å². The molecule has 0 N–H and O–H groups in total. The molecule has 1 aromatic rings. The number of ether oxygens (including phenoxy) is 2. The molecule has 1 saturated heterocycles. The van der Waals surface area contributed by atoms with Crippen LogP contribution in [0.4, 0.5) is 10.5 Å². The van der Waals surface area contributed by atoms with Crippen molar-refractivity contribution in [1.29, 1.82) is 0 Å². The zero-order chi connectivity index (χ0) is 15.7. The van der Waals surface area contributed by atoms with Crippen molar-refractivity contribution in [3.8, 4) is 0 Å². The molecule has 0 unspecified atom stereocenters. The fourth-order valence-electron chi connectivity index (χ4n) is 2.96. The normalized spacial score (nSPS) is 18.3. The first-order valence-corrected chi connectivity index (χ1v) is 7.85. The van der Waals surface area contributed by atoms with Gasteiger partial charge < -0.3 is 14.4 Å². The van der Waals surface area contributed by atoms with Gasteiger partial charge in [-0.15, -0.1) is 0 Å². The number of nitrogens with zero attached hydrogens (tertiary/aromatic N) is 2. The molecule has 0 aromatic heterocycles. The number of carbonyl (C=O) groups excluding carboxylic acids is 1. The van der Waals surface area contributed by atoms with Crippen molar-refractivity contribution >= 4 is 11.8 Å². The zero-order valence-corrected chi connectivity index (χ0v) is 13.6. The van der Waals surface area contributed by atoms with Crippen LogP contribution in [0.1, 0.15) is 31.9 Å². The highest BCUT2D eigenvalue weighted by Crippen LogP contribution is 2.32. The number of anilines is 1. The third-order valence-electron chi connectivity index (χ3n) is 3.96. The van der Waals surface area contributed by atoms with Crippen LogP contribution in [0.3, 0.4) is 0 Å². The maximum absolute atomic E-state index is 12.3. The van der Waals surface area contributed by atoms with E-state index in [1.165, 1.54) is 16.8 Å². The van der Waals surface area contributed by atoms with E-state index in [-0.39, 0.29) is 6.09 Å². The smallest absolute Gasteiger partial charge is 0.410 e. The van der Waals surface area contributed by atoms with Crippen LogP contribution in [-0.4, -0.2) is 42.9 Å². The summed E-state index contributed by atoms with van der Waals surface area (Å²) >= 11 is 0. The lowest BCUT2D eigenvalue weighted by Gasteiger charge is -2.30. The van der Waals surface area contributed by atoms with Crippen LogP contribution in [-0.2, 0) is 22.6 Å². The summed E-state index contributed by atoms with van der Waals surface area (Å²) in [5.41, 5.74) is 3.23. The first-order valence-electron chi connectivity index (χ1n) is 7.85. The Morgan fingerprint density at radius 2 is 1.91 bits per heavy atom. The Labute approximate surface area is 131 Å². The van der Waals surface area contributed by atoms with E-state index >= 15 is 0 Å². The maximum Gasteiger partial charge on any atom is 0.410 e. The van der Waals surface area contributed by atoms with Gasteiger partial charge in [0.05, 0.1) is 19.8 Å². The molecule has 0 radical (unpaired) electrons. The van der Waals surface area contributed by atoms with Crippen LogP contribution in [0.2, 0.25) is 0 Å². The van der Waals surface area contributed by atoms with E-state index in [0.717, 1.165) is 26.3 Å². The number of hydrogen-bond acceptors (Lipinski definition) is 4. The van der Waals surface area contributed by atoms with Crippen LogP contribution in [0.15, 0.2) is 18.2 Å². The average Bonchev–Trinajstić information content (AvgIpc) is 2.90. The monoisotopic (exact) mass is 304 g/mol. The summed E-state index contributed by atoms with van der Waals surface area (Å²) in [6, 6.07) is 6.31. The Morgan fingerprint density at radius 3 is 2.59 bits per heavy atom. The number of rotatable bonds is 1. The van der Waals surface area contributed by atoms with E-state index in [4.69, 9.17) is 9.47 Å². The molecule has 3 rings (SSSR count). The highest BCUT2D eigenvalue weighted by atomic mass is 16.6. The number of carbonyl (C=O) groups is 1. The first kappa shape index (κ1) is 15.2. The number of amides is 1.